The Bertz CT molecular complexity index is 431. The highest BCUT2D eigenvalue weighted by atomic mass is 79.9. The Balaban J connectivity index is 1.90. The lowest BCUT2D eigenvalue weighted by molar-refractivity contribution is 0.0865. The fraction of sp³-hybridized carbons (Fsp3) is 0.462. The molecule has 1 saturated carbocycles. The number of ether oxygens (including phenoxy) is 1. The van der Waals surface area contributed by atoms with E-state index in [1.165, 1.54) is 6.42 Å². The summed E-state index contributed by atoms with van der Waals surface area (Å²) in [5.41, 5.74) is 0.721. The summed E-state index contributed by atoms with van der Waals surface area (Å²) in [5.74, 6) is 0. The zero-order chi connectivity index (χ0) is 13.0. The Morgan fingerprint density at radius 1 is 1.22 bits per heavy atom. The summed E-state index contributed by atoms with van der Waals surface area (Å²) in [7, 11) is 0. The fourth-order valence-electron chi connectivity index (χ4n) is 2.06. The van der Waals surface area contributed by atoms with Gasteiger partial charge >= 0.3 is 6.09 Å². The molecule has 0 aliphatic heterocycles. The molecule has 0 saturated heterocycles. The monoisotopic (exact) mass is 375 g/mol. The number of halogens is 2. The maximum atomic E-state index is 11.8. The molecule has 0 bridgehead atoms. The van der Waals surface area contributed by atoms with Crippen molar-refractivity contribution in [2.24, 2.45) is 0 Å². The number of benzene rings is 1. The Labute approximate surface area is 124 Å². The Morgan fingerprint density at radius 3 is 2.61 bits per heavy atom. The van der Waals surface area contributed by atoms with Crippen LogP contribution in [0.4, 0.5) is 10.5 Å². The van der Waals surface area contributed by atoms with E-state index >= 15 is 0 Å². The molecule has 98 valence electrons. The Morgan fingerprint density at radius 2 is 1.94 bits per heavy atom. The van der Waals surface area contributed by atoms with Crippen molar-refractivity contribution in [1.82, 2.24) is 0 Å². The third-order valence-electron chi connectivity index (χ3n) is 2.99. The second-order valence-corrected chi connectivity index (χ2v) is 6.18. The van der Waals surface area contributed by atoms with Crippen molar-refractivity contribution >= 4 is 43.6 Å². The van der Waals surface area contributed by atoms with Crippen LogP contribution in [0, 0.1) is 0 Å². The molecular formula is C13H15Br2NO2. The lowest BCUT2D eigenvalue weighted by atomic mass is 9.98. The lowest BCUT2D eigenvalue weighted by Crippen LogP contribution is -2.24. The van der Waals surface area contributed by atoms with Crippen LogP contribution in [0.3, 0.4) is 0 Å². The van der Waals surface area contributed by atoms with Crippen LogP contribution in [0.2, 0.25) is 0 Å². The third kappa shape index (κ3) is 3.99. The van der Waals surface area contributed by atoms with E-state index in [-0.39, 0.29) is 12.2 Å². The number of rotatable bonds is 2. The van der Waals surface area contributed by atoms with Crippen LogP contribution in [-0.4, -0.2) is 12.2 Å². The smallest absolute Gasteiger partial charge is 0.411 e. The molecule has 0 radical (unpaired) electrons. The zero-order valence-electron chi connectivity index (χ0n) is 9.92. The van der Waals surface area contributed by atoms with Gasteiger partial charge in [-0.1, -0.05) is 22.4 Å². The van der Waals surface area contributed by atoms with E-state index < -0.39 is 0 Å². The van der Waals surface area contributed by atoms with Crippen LogP contribution >= 0.6 is 31.9 Å². The molecule has 1 fully saturated rings. The van der Waals surface area contributed by atoms with Gasteiger partial charge in [0.1, 0.15) is 6.10 Å². The van der Waals surface area contributed by atoms with Crippen molar-refractivity contribution in [3.05, 3.63) is 27.1 Å². The maximum absolute atomic E-state index is 11.8. The molecule has 5 heteroatoms. The normalized spacial score (nSPS) is 16.3. The van der Waals surface area contributed by atoms with Gasteiger partial charge in [-0.15, -0.1) is 0 Å². The zero-order valence-corrected chi connectivity index (χ0v) is 13.1. The quantitative estimate of drug-likeness (QED) is 0.780. The largest absolute Gasteiger partial charge is 0.446 e. The van der Waals surface area contributed by atoms with E-state index in [1.54, 1.807) is 0 Å². The van der Waals surface area contributed by atoms with Crippen molar-refractivity contribution in [3.63, 3.8) is 0 Å². The molecule has 3 nitrogen and oxygen atoms in total. The van der Waals surface area contributed by atoms with Gasteiger partial charge in [-0.2, -0.15) is 0 Å². The van der Waals surface area contributed by atoms with Gasteiger partial charge in [-0.25, -0.2) is 4.79 Å². The van der Waals surface area contributed by atoms with Crippen molar-refractivity contribution in [2.45, 2.75) is 38.2 Å². The molecule has 1 amide bonds. The molecular weight excluding hydrogens is 362 g/mol. The number of anilines is 1. The molecule has 1 aromatic carbocycles. The molecule has 18 heavy (non-hydrogen) atoms. The van der Waals surface area contributed by atoms with Crippen LogP contribution in [0.1, 0.15) is 32.1 Å². The second kappa shape index (κ2) is 6.57. The first kappa shape index (κ1) is 13.9. The van der Waals surface area contributed by atoms with E-state index in [1.807, 2.05) is 18.2 Å². The van der Waals surface area contributed by atoms with E-state index in [0.717, 1.165) is 40.3 Å². The van der Waals surface area contributed by atoms with E-state index in [0.29, 0.717) is 0 Å². The molecule has 1 aromatic rings. The number of hydrogen-bond acceptors (Lipinski definition) is 2. The molecule has 0 atom stereocenters. The second-order valence-electron chi connectivity index (χ2n) is 4.41. The molecule has 0 heterocycles. The number of carbonyl (C=O) groups is 1. The van der Waals surface area contributed by atoms with Crippen molar-refractivity contribution in [3.8, 4) is 0 Å². The molecule has 2 rings (SSSR count). The summed E-state index contributed by atoms with van der Waals surface area (Å²) in [5, 5.41) is 2.76. The van der Waals surface area contributed by atoms with Crippen molar-refractivity contribution in [2.75, 3.05) is 5.32 Å². The minimum absolute atomic E-state index is 0.0768. The molecule has 0 spiro atoms. The van der Waals surface area contributed by atoms with Crippen LogP contribution in [0.25, 0.3) is 0 Å². The van der Waals surface area contributed by atoms with Crippen molar-refractivity contribution in [1.29, 1.82) is 0 Å². The van der Waals surface area contributed by atoms with Gasteiger partial charge in [0.15, 0.2) is 0 Å². The van der Waals surface area contributed by atoms with Gasteiger partial charge in [0.05, 0.1) is 5.69 Å². The average molecular weight is 377 g/mol. The summed E-state index contributed by atoms with van der Waals surface area (Å²) >= 11 is 6.77. The molecule has 1 aliphatic carbocycles. The topological polar surface area (TPSA) is 38.3 Å². The van der Waals surface area contributed by atoms with Gasteiger partial charge < -0.3 is 4.74 Å². The maximum Gasteiger partial charge on any atom is 0.411 e. The van der Waals surface area contributed by atoms with Gasteiger partial charge in [-0.3, -0.25) is 5.32 Å². The summed E-state index contributed by atoms with van der Waals surface area (Å²) in [4.78, 5) is 11.8. The van der Waals surface area contributed by atoms with Gasteiger partial charge in [0.25, 0.3) is 0 Å². The van der Waals surface area contributed by atoms with E-state index in [2.05, 4.69) is 37.2 Å². The van der Waals surface area contributed by atoms with Crippen molar-refractivity contribution < 1.29 is 9.53 Å². The Kier molecular flexibility index (Phi) is 5.06. The number of amides is 1. The molecule has 1 N–H and O–H groups in total. The van der Waals surface area contributed by atoms with E-state index in [4.69, 9.17) is 4.74 Å². The average Bonchev–Trinajstić information content (AvgIpc) is 2.34. The van der Waals surface area contributed by atoms with Gasteiger partial charge in [0, 0.05) is 8.95 Å². The van der Waals surface area contributed by atoms with Gasteiger partial charge in [-0.05, 0) is 59.8 Å². The van der Waals surface area contributed by atoms with Crippen LogP contribution in [0.5, 0.6) is 0 Å². The summed E-state index contributed by atoms with van der Waals surface area (Å²) in [6, 6.07) is 5.59. The minimum Gasteiger partial charge on any atom is -0.446 e. The summed E-state index contributed by atoms with van der Waals surface area (Å²) in [6.07, 6.45) is 5.22. The SMILES string of the molecule is O=C(Nc1ccc(Br)cc1Br)OC1CCCCC1. The molecule has 0 unspecified atom stereocenters. The predicted octanol–water partition coefficient (Wildman–Crippen LogP) is 5.09. The molecule has 0 aromatic heterocycles. The lowest BCUT2D eigenvalue weighted by Gasteiger charge is -2.22. The standard InChI is InChI=1S/C13H15Br2NO2/c14-9-6-7-12(11(15)8-9)16-13(17)18-10-4-2-1-3-5-10/h6-8,10H,1-5H2,(H,16,17). The van der Waals surface area contributed by atoms with E-state index in [9.17, 15) is 4.79 Å². The van der Waals surface area contributed by atoms with Crippen LogP contribution in [-0.2, 0) is 4.74 Å². The first-order valence-electron chi connectivity index (χ1n) is 6.08. The predicted molar refractivity (Wildman–Crippen MR) is 78.8 cm³/mol. The minimum atomic E-state index is -0.370. The summed E-state index contributed by atoms with van der Waals surface area (Å²) < 4.78 is 7.19. The summed E-state index contributed by atoms with van der Waals surface area (Å²) in [6.45, 7) is 0. The van der Waals surface area contributed by atoms with Crippen LogP contribution < -0.4 is 5.32 Å². The highest BCUT2D eigenvalue weighted by molar-refractivity contribution is 9.11. The number of nitrogens with one attached hydrogen (secondary N) is 1. The first-order chi connectivity index (χ1) is 8.65. The molecule has 1 aliphatic rings. The highest BCUT2D eigenvalue weighted by Gasteiger charge is 2.18. The fourth-order valence-corrected chi connectivity index (χ4v) is 3.21. The first-order valence-corrected chi connectivity index (χ1v) is 7.66. The van der Waals surface area contributed by atoms with Gasteiger partial charge in [0.2, 0.25) is 0 Å². The number of carbonyl (C=O) groups excluding carboxylic acids is 1. The Hall–Kier alpha value is -0.550. The third-order valence-corrected chi connectivity index (χ3v) is 4.14. The van der Waals surface area contributed by atoms with Crippen LogP contribution in [0.15, 0.2) is 27.1 Å². The number of hydrogen-bond donors (Lipinski definition) is 1. The highest BCUT2D eigenvalue weighted by Crippen LogP contribution is 2.27.